The number of nitrogens with two attached hydrogens (primary N) is 1. The maximum absolute atomic E-state index is 6.26. The Bertz CT molecular complexity index is 576. The molecule has 0 unspecified atom stereocenters. The quantitative estimate of drug-likeness (QED) is 0.544. The van der Waals surface area contributed by atoms with E-state index in [1.165, 1.54) is 11.1 Å². The fourth-order valence-electron chi connectivity index (χ4n) is 2.38. The molecule has 0 aromatic heterocycles. The number of rotatable bonds is 6. The standard InChI is InChI=1S/C18H23N3/c1-3-8-14-12-17(13-15(9-4-2)18(14)19)21-20-16-10-6-5-7-11-16/h5-7,10-13H,3-4,8-9,19H2,1-2H3. The van der Waals surface area contributed by atoms with Gasteiger partial charge in [-0.1, -0.05) is 44.9 Å². The second-order valence-electron chi connectivity index (χ2n) is 5.21. The Morgan fingerprint density at radius 1 is 0.810 bits per heavy atom. The van der Waals surface area contributed by atoms with Crippen molar-refractivity contribution in [1.82, 2.24) is 0 Å². The first-order valence-corrected chi connectivity index (χ1v) is 7.62. The van der Waals surface area contributed by atoms with Gasteiger partial charge in [0, 0.05) is 5.69 Å². The summed E-state index contributed by atoms with van der Waals surface area (Å²) in [5.74, 6) is 0. The van der Waals surface area contributed by atoms with Gasteiger partial charge in [-0.3, -0.25) is 0 Å². The molecule has 0 amide bonds. The van der Waals surface area contributed by atoms with Gasteiger partial charge >= 0.3 is 0 Å². The first-order valence-electron chi connectivity index (χ1n) is 7.62. The summed E-state index contributed by atoms with van der Waals surface area (Å²) in [7, 11) is 0. The lowest BCUT2D eigenvalue weighted by Gasteiger charge is -2.11. The van der Waals surface area contributed by atoms with E-state index in [0.29, 0.717) is 0 Å². The highest BCUT2D eigenvalue weighted by Gasteiger charge is 2.07. The zero-order chi connectivity index (χ0) is 15.1. The topological polar surface area (TPSA) is 50.7 Å². The van der Waals surface area contributed by atoms with Gasteiger partial charge in [-0.2, -0.15) is 10.2 Å². The molecule has 0 radical (unpaired) electrons. The molecule has 0 saturated carbocycles. The van der Waals surface area contributed by atoms with Crippen LogP contribution < -0.4 is 5.73 Å². The highest BCUT2D eigenvalue weighted by molar-refractivity contribution is 5.61. The lowest BCUT2D eigenvalue weighted by molar-refractivity contribution is 0.899. The third kappa shape index (κ3) is 4.15. The Labute approximate surface area is 126 Å². The molecule has 0 aliphatic carbocycles. The summed E-state index contributed by atoms with van der Waals surface area (Å²) >= 11 is 0. The summed E-state index contributed by atoms with van der Waals surface area (Å²) in [5, 5.41) is 8.67. The summed E-state index contributed by atoms with van der Waals surface area (Å²) in [4.78, 5) is 0. The van der Waals surface area contributed by atoms with Gasteiger partial charge in [0.2, 0.25) is 0 Å². The maximum atomic E-state index is 6.26. The number of hydrogen-bond acceptors (Lipinski definition) is 3. The van der Waals surface area contributed by atoms with E-state index in [1.54, 1.807) is 0 Å². The molecular formula is C18H23N3. The molecule has 2 N–H and O–H groups in total. The number of anilines is 1. The fraction of sp³-hybridized carbons (Fsp3) is 0.333. The van der Waals surface area contributed by atoms with Crippen LogP contribution in [-0.4, -0.2) is 0 Å². The van der Waals surface area contributed by atoms with E-state index in [-0.39, 0.29) is 0 Å². The summed E-state index contributed by atoms with van der Waals surface area (Å²) in [6.07, 6.45) is 4.12. The van der Waals surface area contributed by atoms with Gasteiger partial charge in [0.25, 0.3) is 0 Å². The molecule has 0 heterocycles. The van der Waals surface area contributed by atoms with Gasteiger partial charge in [-0.25, -0.2) is 0 Å². The molecule has 0 aliphatic rings. The molecule has 0 saturated heterocycles. The van der Waals surface area contributed by atoms with Gasteiger partial charge in [0.05, 0.1) is 11.4 Å². The van der Waals surface area contributed by atoms with E-state index in [0.717, 1.165) is 42.7 Å². The number of nitrogen functional groups attached to an aromatic ring is 1. The van der Waals surface area contributed by atoms with E-state index < -0.39 is 0 Å². The van der Waals surface area contributed by atoms with Crippen LogP contribution in [0.1, 0.15) is 37.8 Å². The normalized spacial score (nSPS) is 11.1. The lowest BCUT2D eigenvalue weighted by atomic mass is 9.99. The third-order valence-electron chi connectivity index (χ3n) is 3.41. The monoisotopic (exact) mass is 281 g/mol. The largest absolute Gasteiger partial charge is 0.398 e. The molecule has 21 heavy (non-hydrogen) atoms. The Hall–Kier alpha value is -2.16. The van der Waals surface area contributed by atoms with Gasteiger partial charge in [0.1, 0.15) is 0 Å². The van der Waals surface area contributed by atoms with Gasteiger partial charge in [-0.05, 0) is 48.2 Å². The van der Waals surface area contributed by atoms with E-state index in [2.05, 4.69) is 36.2 Å². The van der Waals surface area contributed by atoms with Crippen LogP contribution in [0.5, 0.6) is 0 Å². The maximum Gasteiger partial charge on any atom is 0.0864 e. The highest BCUT2D eigenvalue weighted by atomic mass is 15.1. The van der Waals surface area contributed by atoms with Crippen LogP contribution in [0, 0.1) is 0 Å². The first kappa shape index (κ1) is 15.2. The van der Waals surface area contributed by atoms with E-state index in [9.17, 15) is 0 Å². The number of nitrogens with zero attached hydrogens (tertiary/aromatic N) is 2. The van der Waals surface area contributed by atoms with Crippen LogP contribution in [0.4, 0.5) is 17.1 Å². The van der Waals surface area contributed by atoms with Crippen molar-refractivity contribution in [3.63, 3.8) is 0 Å². The van der Waals surface area contributed by atoms with Crippen molar-refractivity contribution >= 4 is 17.1 Å². The number of benzene rings is 2. The summed E-state index contributed by atoms with van der Waals surface area (Å²) in [5.41, 5.74) is 11.3. The first-order chi connectivity index (χ1) is 10.2. The van der Waals surface area contributed by atoms with Crippen LogP contribution in [0.25, 0.3) is 0 Å². The number of azo groups is 1. The summed E-state index contributed by atoms with van der Waals surface area (Å²) in [6.45, 7) is 4.33. The van der Waals surface area contributed by atoms with Crippen molar-refractivity contribution in [2.45, 2.75) is 39.5 Å². The second-order valence-corrected chi connectivity index (χ2v) is 5.21. The van der Waals surface area contributed by atoms with Crippen molar-refractivity contribution < 1.29 is 0 Å². The average molecular weight is 281 g/mol. The zero-order valence-corrected chi connectivity index (χ0v) is 12.8. The van der Waals surface area contributed by atoms with Gasteiger partial charge < -0.3 is 5.73 Å². The minimum atomic E-state index is 0.864. The number of aryl methyl sites for hydroxylation is 2. The fourth-order valence-corrected chi connectivity index (χ4v) is 2.38. The summed E-state index contributed by atoms with van der Waals surface area (Å²) < 4.78 is 0. The Balaban J connectivity index is 2.32. The molecular weight excluding hydrogens is 258 g/mol. The van der Waals surface area contributed by atoms with Gasteiger partial charge in [-0.15, -0.1) is 0 Å². The molecule has 3 nitrogen and oxygen atoms in total. The predicted molar refractivity (Wildman–Crippen MR) is 89.5 cm³/mol. The Kier molecular flexibility index (Phi) is 5.50. The highest BCUT2D eigenvalue weighted by Crippen LogP contribution is 2.28. The third-order valence-corrected chi connectivity index (χ3v) is 3.41. The van der Waals surface area contributed by atoms with Crippen molar-refractivity contribution in [2.24, 2.45) is 10.2 Å². The van der Waals surface area contributed by atoms with Crippen molar-refractivity contribution in [3.05, 3.63) is 53.6 Å². The molecule has 0 fully saturated rings. The van der Waals surface area contributed by atoms with Crippen molar-refractivity contribution in [1.29, 1.82) is 0 Å². The van der Waals surface area contributed by atoms with Crippen LogP contribution in [0.15, 0.2) is 52.7 Å². The average Bonchev–Trinajstić information content (AvgIpc) is 2.51. The molecule has 3 heteroatoms. The van der Waals surface area contributed by atoms with E-state index in [4.69, 9.17) is 5.73 Å². The molecule has 2 rings (SSSR count). The molecule has 0 aliphatic heterocycles. The molecule has 0 atom stereocenters. The minimum Gasteiger partial charge on any atom is -0.398 e. The van der Waals surface area contributed by atoms with Crippen molar-refractivity contribution in [3.8, 4) is 0 Å². The second kappa shape index (κ2) is 7.58. The van der Waals surface area contributed by atoms with Gasteiger partial charge in [0.15, 0.2) is 0 Å². The lowest BCUT2D eigenvalue weighted by Crippen LogP contribution is -2.00. The minimum absolute atomic E-state index is 0.864. The SMILES string of the molecule is CCCc1cc(N=Nc2ccccc2)cc(CCC)c1N. The molecule has 0 bridgehead atoms. The smallest absolute Gasteiger partial charge is 0.0864 e. The van der Waals surface area contributed by atoms with Crippen molar-refractivity contribution in [2.75, 3.05) is 5.73 Å². The van der Waals surface area contributed by atoms with Crippen LogP contribution in [0.3, 0.4) is 0 Å². The molecule has 0 spiro atoms. The molecule has 2 aromatic rings. The van der Waals surface area contributed by atoms with Crippen LogP contribution in [-0.2, 0) is 12.8 Å². The number of hydrogen-bond donors (Lipinski definition) is 1. The Morgan fingerprint density at radius 3 is 1.86 bits per heavy atom. The van der Waals surface area contributed by atoms with E-state index >= 15 is 0 Å². The van der Waals surface area contributed by atoms with Crippen LogP contribution in [0.2, 0.25) is 0 Å². The zero-order valence-electron chi connectivity index (χ0n) is 12.8. The predicted octanol–water partition coefficient (Wildman–Crippen LogP) is 5.59. The summed E-state index contributed by atoms with van der Waals surface area (Å²) in [6, 6.07) is 13.9. The molecule has 110 valence electrons. The molecule has 2 aromatic carbocycles. The van der Waals surface area contributed by atoms with E-state index in [1.807, 2.05) is 30.3 Å². The Morgan fingerprint density at radius 2 is 1.33 bits per heavy atom. The van der Waals surface area contributed by atoms with Crippen LogP contribution >= 0.6 is 0 Å².